The van der Waals surface area contributed by atoms with E-state index in [1.54, 1.807) is 36.4 Å². The lowest BCUT2D eigenvalue weighted by atomic mass is 10.1. The molecule has 0 aliphatic carbocycles. The van der Waals surface area contributed by atoms with Gasteiger partial charge in [-0.2, -0.15) is 0 Å². The molecule has 0 spiro atoms. The van der Waals surface area contributed by atoms with Crippen molar-refractivity contribution in [2.45, 2.75) is 40.3 Å². The molecule has 0 unspecified atom stereocenters. The number of urea groups is 1. The third-order valence-corrected chi connectivity index (χ3v) is 7.14. The maximum atomic E-state index is 13.5. The number of nitrogens with zero attached hydrogens (tertiary/aromatic N) is 1. The molecule has 1 fully saturated rings. The topological polar surface area (TPSA) is 103 Å². The highest BCUT2D eigenvalue weighted by molar-refractivity contribution is 6.31. The summed E-state index contributed by atoms with van der Waals surface area (Å²) in [4.78, 5) is 40.0. The van der Waals surface area contributed by atoms with Gasteiger partial charge in [-0.05, 0) is 78.1 Å². The van der Waals surface area contributed by atoms with Crippen molar-refractivity contribution in [3.05, 3.63) is 101 Å². The molecule has 0 radical (unpaired) electrons. The van der Waals surface area contributed by atoms with Crippen LogP contribution in [0, 0.1) is 0 Å². The minimum absolute atomic E-state index is 0.0610. The molecule has 1 saturated heterocycles. The van der Waals surface area contributed by atoms with E-state index in [0.717, 1.165) is 27.7 Å². The molecule has 4 aromatic carbocycles. The lowest BCUT2D eigenvalue weighted by Gasteiger charge is -2.26. The van der Waals surface area contributed by atoms with E-state index >= 15 is 0 Å². The fourth-order valence-corrected chi connectivity index (χ4v) is 5.01. The molecule has 4 aromatic rings. The first-order valence-electron chi connectivity index (χ1n) is 15.1. The van der Waals surface area contributed by atoms with Gasteiger partial charge >= 0.3 is 6.03 Å². The Morgan fingerprint density at radius 3 is 2.22 bits per heavy atom. The number of carbonyl (C=O) groups is 3. The van der Waals surface area contributed by atoms with E-state index in [4.69, 9.17) is 18.9 Å². The standard InChI is InChI=1S/C36H36N2O7/c1-4-18-44-30-17-15-25(21-33(30)43-6-3)22-38-35(40)29(34(39)37-36(38)41)19-24-14-16-31(32(20-24)42-5-2)45-23-27-12-9-11-26-10-7-8-13-28(26)27/h7-17,19-21H,4-6,18,22-23H2,1-3H3,(H,37,39,41)/b29-19+. The van der Waals surface area contributed by atoms with Crippen molar-refractivity contribution >= 4 is 34.7 Å². The molecule has 0 bridgehead atoms. The van der Waals surface area contributed by atoms with E-state index in [1.807, 2.05) is 45.0 Å². The Balaban J connectivity index is 1.36. The van der Waals surface area contributed by atoms with Gasteiger partial charge in [0, 0.05) is 0 Å². The van der Waals surface area contributed by atoms with Crippen molar-refractivity contribution in [2.75, 3.05) is 19.8 Å². The number of barbiturate groups is 1. The fourth-order valence-electron chi connectivity index (χ4n) is 5.01. The molecule has 5 rings (SSSR count). The lowest BCUT2D eigenvalue weighted by Crippen LogP contribution is -2.53. The normalized spacial score (nSPS) is 14.1. The first-order chi connectivity index (χ1) is 21.9. The molecule has 45 heavy (non-hydrogen) atoms. The van der Waals surface area contributed by atoms with E-state index in [-0.39, 0.29) is 12.1 Å². The summed E-state index contributed by atoms with van der Waals surface area (Å²) in [6.45, 7) is 7.35. The van der Waals surface area contributed by atoms with Crippen LogP contribution in [0.4, 0.5) is 4.79 Å². The van der Waals surface area contributed by atoms with Gasteiger partial charge in [0.05, 0.1) is 26.4 Å². The van der Waals surface area contributed by atoms with Gasteiger partial charge in [-0.3, -0.25) is 19.8 Å². The van der Waals surface area contributed by atoms with Crippen LogP contribution in [0.2, 0.25) is 0 Å². The molecule has 1 aliphatic rings. The van der Waals surface area contributed by atoms with Crippen LogP contribution >= 0.6 is 0 Å². The SMILES string of the molecule is CCCOc1ccc(CN2C(=O)NC(=O)/C(=C\c3ccc(OCc4cccc5ccccc45)c(OCC)c3)C2=O)cc1OCC. The summed E-state index contributed by atoms with van der Waals surface area (Å²) in [6, 6.07) is 23.8. The summed E-state index contributed by atoms with van der Waals surface area (Å²) >= 11 is 0. The number of ether oxygens (including phenoxy) is 4. The largest absolute Gasteiger partial charge is 0.490 e. The molecule has 1 aliphatic heterocycles. The van der Waals surface area contributed by atoms with Crippen LogP contribution in [0.15, 0.2) is 84.4 Å². The number of carbonyl (C=O) groups excluding carboxylic acids is 3. The maximum Gasteiger partial charge on any atom is 0.331 e. The molecule has 9 nitrogen and oxygen atoms in total. The van der Waals surface area contributed by atoms with Crippen LogP contribution in [0.5, 0.6) is 23.0 Å². The molecule has 0 saturated carbocycles. The fraction of sp³-hybridized carbons (Fsp3) is 0.250. The zero-order chi connectivity index (χ0) is 31.8. The lowest BCUT2D eigenvalue weighted by molar-refractivity contribution is -0.130. The van der Waals surface area contributed by atoms with Gasteiger partial charge in [0.2, 0.25) is 0 Å². The molecule has 0 atom stereocenters. The summed E-state index contributed by atoms with van der Waals surface area (Å²) in [5.74, 6) is 0.627. The summed E-state index contributed by atoms with van der Waals surface area (Å²) in [5, 5.41) is 4.51. The number of benzene rings is 4. The van der Waals surface area contributed by atoms with Crippen LogP contribution in [0.25, 0.3) is 16.8 Å². The highest BCUT2D eigenvalue weighted by Crippen LogP contribution is 2.32. The summed E-state index contributed by atoms with van der Waals surface area (Å²) < 4.78 is 23.5. The Kier molecular flexibility index (Phi) is 9.99. The van der Waals surface area contributed by atoms with Crippen LogP contribution in [0.3, 0.4) is 0 Å². The zero-order valence-corrected chi connectivity index (χ0v) is 25.6. The number of fused-ring (bicyclic) bond motifs is 1. The van der Waals surface area contributed by atoms with E-state index in [2.05, 4.69) is 23.5 Å². The van der Waals surface area contributed by atoms with Gasteiger partial charge < -0.3 is 18.9 Å². The molecule has 1 N–H and O–H groups in total. The molecule has 0 aromatic heterocycles. The average Bonchev–Trinajstić information content (AvgIpc) is 3.04. The smallest absolute Gasteiger partial charge is 0.331 e. The van der Waals surface area contributed by atoms with Crippen molar-refractivity contribution in [2.24, 2.45) is 0 Å². The number of imide groups is 2. The first-order valence-corrected chi connectivity index (χ1v) is 15.1. The van der Waals surface area contributed by atoms with Gasteiger partial charge in [0.1, 0.15) is 12.2 Å². The van der Waals surface area contributed by atoms with Crippen molar-refractivity contribution in [1.29, 1.82) is 0 Å². The monoisotopic (exact) mass is 608 g/mol. The second-order valence-electron chi connectivity index (χ2n) is 10.3. The molecule has 232 valence electrons. The second-order valence-corrected chi connectivity index (χ2v) is 10.3. The van der Waals surface area contributed by atoms with Crippen molar-refractivity contribution in [1.82, 2.24) is 10.2 Å². The Morgan fingerprint density at radius 2 is 1.44 bits per heavy atom. The highest BCUT2D eigenvalue weighted by atomic mass is 16.5. The first kappa shape index (κ1) is 31.1. The minimum atomic E-state index is -0.793. The van der Waals surface area contributed by atoms with Crippen molar-refractivity contribution in [3.8, 4) is 23.0 Å². The van der Waals surface area contributed by atoms with E-state index in [1.165, 1.54) is 6.08 Å². The minimum Gasteiger partial charge on any atom is -0.490 e. The number of nitrogens with one attached hydrogen (secondary N) is 1. The highest BCUT2D eigenvalue weighted by Gasteiger charge is 2.36. The number of amides is 4. The molecule has 4 amide bonds. The Morgan fingerprint density at radius 1 is 0.733 bits per heavy atom. The van der Waals surface area contributed by atoms with Crippen molar-refractivity contribution in [3.63, 3.8) is 0 Å². The Hall–Kier alpha value is -5.31. The number of rotatable bonds is 13. The molecular formula is C36H36N2O7. The quantitative estimate of drug-likeness (QED) is 0.134. The Bertz CT molecular complexity index is 1740. The van der Waals surface area contributed by atoms with Gasteiger partial charge in [-0.1, -0.05) is 61.5 Å². The average molecular weight is 609 g/mol. The van der Waals surface area contributed by atoms with Crippen LogP contribution in [0.1, 0.15) is 43.9 Å². The van der Waals surface area contributed by atoms with Crippen LogP contribution in [-0.4, -0.2) is 42.6 Å². The van der Waals surface area contributed by atoms with E-state index in [0.29, 0.717) is 60.6 Å². The molecular weight excluding hydrogens is 572 g/mol. The number of hydrogen-bond acceptors (Lipinski definition) is 7. The maximum absolute atomic E-state index is 13.5. The molecule has 1 heterocycles. The van der Waals surface area contributed by atoms with Crippen molar-refractivity contribution < 1.29 is 33.3 Å². The number of hydrogen-bond donors (Lipinski definition) is 1. The van der Waals surface area contributed by atoms with Crippen LogP contribution in [-0.2, 0) is 22.7 Å². The second kappa shape index (κ2) is 14.4. The summed E-state index contributed by atoms with van der Waals surface area (Å²) in [7, 11) is 0. The summed E-state index contributed by atoms with van der Waals surface area (Å²) in [5.41, 5.74) is 2.05. The van der Waals surface area contributed by atoms with Gasteiger partial charge in [-0.15, -0.1) is 0 Å². The van der Waals surface area contributed by atoms with Gasteiger partial charge in [0.25, 0.3) is 11.8 Å². The third-order valence-electron chi connectivity index (χ3n) is 7.14. The van der Waals surface area contributed by atoms with E-state index < -0.39 is 17.8 Å². The predicted octanol–water partition coefficient (Wildman–Crippen LogP) is 6.67. The zero-order valence-electron chi connectivity index (χ0n) is 25.6. The van der Waals surface area contributed by atoms with E-state index in [9.17, 15) is 14.4 Å². The Labute approximate surface area is 262 Å². The summed E-state index contributed by atoms with van der Waals surface area (Å²) in [6.07, 6.45) is 2.28. The molecule has 9 heteroatoms. The van der Waals surface area contributed by atoms with Gasteiger partial charge in [-0.25, -0.2) is 4.79 Å². The van der Waals surface area contributed by atoms with Crippen LogP contribution < -0.4 is 24.3 Å². The third kappa shape index (κ3) is 7.26. The predicted molar refractivity (Wildman–Crippen MR) is 171 cm³/mol. The van der Waals surface area contributed by atoms with Gasteiger partial charge in [0.15, 0.2) is 23.0 Å².